The average Bonchev–Trinajstić information content (AvgIpc) is 2.70. The minimum Gasteiger partial charge on any atom is -0.358 e. The van der Waals surface area contributed by atoms with Crippen molar-refractivity contribution < 1.29 is 4.79 Å². The van der Waals surface area contributed by atoms with Crippen LogP contribution in [0.3, 0.4) is 0 Å². The fraction of sp³-hybridized carbons (Fsp3) is 0.583. The zero-order valence-corrected chi connectivity index (χ0v) is 11.2. The van der Waals surface area contributed by atoms with Gasteiger partial charge in [-0.15, -0.1) is 0 Å². The summed E-state index contributed by atoms with van der Waals surface area (Å²) in [4.78, 5) is 22.3. The molecule has 1 atom stereocenters. The predicted octanol–water partition coefficient (Wildman–Crippen LogP) is 0.460. The van der Waals surface area contributed by atoms with E-state index in [-0.39, 0.29) is 11.9 Å². The van der Waals surface area contributed by atoms with Crippen molar-refractivity contribution in [3.63, 3.8) is 0 Å². The summed E-state index contributed by atoms with van der Waals surface area (Å²) in [7, 11) is 3.80. The Balaban J connectivity index is 2.28. The van der Waals surface area contributed by atoms with E-state index in [1.165, 1.54) is 0 Å². The number of rotatable bonds is 3. The van der Waals surface area contributed by atoms with Crippen LogP contribution in [0.2, 0.25) is 0 Å². The van der Waals surface area contributed by atoms with E-state index >= 15 is 0 Å². The summed E-state index contributed by atoms with van der Waals surface area (Å²) in [5, 5.41) is 6.01. The second kappa shape index (κ2) is 4.80. The molecule has 0 saturated carbocycles. The van der Waals surface area contributed by atoms with Crippen LogP contribution in [-0.4, -0.2) is 42.6 Å². The molecule has 0 unspecified atom stereocenters. The third kappa shape index (κ3) is 2.37. The van der Waals surface area contributed by atoms with Gasteiger partial charge >= 0.3 is 0 Å². The molecule has 2 heterocycles. The number of aromatic nitrogens is 2. The van der Waals surface area contributed by atoms with Gasteiger partial charge in [0, 0.05) is 31.9 Å². The van der Waals surface area contributed by atoms with Crippen molar-refractivity contribution in [3.8, 4) is 0 Å². The fourth-order valence-corrected chi connectivity index (χ4v) is 1.85. The van der Waals surface area contributed by atoms with Crippen molar-refractivity contribution >= 4 is 17.7 Å². The van der Waals surface area contributed by atoms with Crippen molar-refractivity contribution in [1.29, 1.82) is 0 Å². The molecule has 2 N–H and O–H groups in total. The summed E-state index contributed by atoms with van der Waals surface area (Å²) in [6, 6.07) is -0.187. The Kier molecular flexibility index (Phi) is 3.36. The van der Waals surface area contributed by atoms with Crippen LogP contribution in [0.4, 0.5) is 11.8 Å². The first-order valence-corrected chi connectivity index (χ1v) is 6.06. The van der Waals surface area contributed by atoms with E-state index in [4.69, 9.17) is 0 Å². The van der Waals surface area contributed by atoms with Gasteiger partial charge < -0.3 is 15.5 Å². The highest BCUT2D eigenvalue weighted by Crippen LogP contribution is 2.20. The minimum atomic E-state index is -0.187. The smallest absolute Gasteiger partial charge is 0.242 e. The highest BCUT2D eigenvalue weighted by Gasteiger charge is 2.25. The first kappa shape index (κ1) is 12.6. The number of hydrogen-bond acceptors (Lipinski definition) is 5. The molecule has 1 aromatic rings. The number of nitrogens with one attached hydrogen (secondary N) is 2. The number of aryl methyl sites for hydroxylation is 1. The van der Waals surface area contributed by atoms with E-state index in [2.05, 4.69) is 20.6 Å². The van der Waals surface area contributed by atoms with E-state index in [1.807, 2.05) is 32.8 Å². The molecule has 0 spiro atoms. The first-order chi connectivity index (χ1) is 8.49. The number of nitrogens with zero attached hydrogens (tertiary/aromatic N) is 3. The maximum atomic E-state index is 11.6. The summed E-state index contributed by atoms with van der Waals surface area (Å²) in [5.74, 6) is 1.43. The summed E-state index contributed by atoms with van der Waals surface area (Å²) < 4.78 is 0. The van der Waals surface area contributed by atoms with E-state index in [0.29, 0.717) is 5.95 Å². The molecule has 0 aromatic carbocycles. The monoisotopic (exact) mass is 249 g/mol. The molecule has 1 aliphatic heterocycles. The molecule has 1 fully saturated rings. The van der Waals surface area contributed by atoms with Gasteiger partial charge in [0.25, 0.3) is 0 Å². The van der Waals surface area contributed by atoms with E-state index in [1.54, 1.807) is 0 Å². The van der Waals surface area contributed by atoms with Crippen molar-refractivity contribution in [2.45, 2.75) is 26.3 Å². The molecule has 18 heavy (non-hydrogen) atoms. The van der Waals surface area contributed by atoms with Crippen molar-refractivity contribution in [2.24, 2.45) is 0 Å². The normalized spacial score (nSPS) is 18.7. The Bertz CT molecular complexity index is 472. The molecular formula is C12H19N5O. The van der Waals surface area contributed by atoms with E-state index in [0.717, 1.165) is 30.0 Å². The lowest BCUT2D eigenvalue weighted by molar-refractivity contribution is -0.119. The summed E-state index contributed by atoms with van der Waals surface area (Å²) in [5.41, 5.74) is 1.91. The van der Waals surface area contributed by atoms with Crippen LogP contribution in [0.25, 0.3) is 0 Å². The van der Waals surface area contributed by atoms with Gasteiger partial charge in [0.05, 0.1) is 0 Å². The van der Waals surface area contributed by atoms with Crippen molar-refractivity contribution in [1.82, 2.24) is 15.3 Å². The van der Waals surface area contributed by atoms with Crippen LogP contribution in [0, 0.1) is 13.8 Å². The average molecular weight is 249 g/mol. The van der Waals surface area contributed by atoms with Crippen molar-refractivity contribution in [2.75, 3.05) is 30.9 Å². The van der Waals surface area contributed by atoms with Crippen LogP contribution in [0.5, 0.6) is 0 Å². The third-order valence-electron chi connectivity index (χ3n) is 3.14. The van der Waals surface area contributed by atoms with Gasteiger partial charge in [0.15, 0.2) is 0 Å². The Labute approximate surface area is 107 Å². The Hall–Kier alpha value is -1.85. The quantitative estimate of drug-likeness (QED) is 0.814. The van der Waals surface area contributed by atoms with Gasteiger partial charge in [0.2, 0.25) is 11.9 Å². The predicted molar refractivity (Wildman–Crippen MR) is 70.9 cm³/mol. The van der Waals surface area contributed by atoms with Gasteiger partial charge in [-0.1, -0.05) is 0 Å². The highest BCUT2D eigenvalue weighted by molar-refractivity contribution is 5.86. The summed E-state index contributed by atoms with van der Waals surface area (Å²) in [6.45, 7) is 4.63. The lowest BCUT2D eigenvalue weighted by atomic mass is 10.2. The molecule has 6 nitrogen and oxygen atoms in total. The molecule has 1 aromatic heterocycles. The third-order valence-corrected chi connectivity index (χ3v) is 3.14. The number of anilines is 2. The second-order valence-electron chi connectivity index (χ2n) is 4.75. The number of carbonyl (C=O) groups is 1. The minimum absolute atomic E-state index is 0.0390. The Morgan fingerprint density at radius 3 is 2.61 bits per heavy atom. The molecule has 0 bridgehead atoms. The van der Waals surface area contributed by atoms with Crippen LogP contribution in [0.15, 0.2) is 0 Å². The first-order valence-electron chi connectivity index (χ1n) is 6.06. The molecule has 1 amide bonds. The topological polar surface area (TPSA) is 70.2 Å². The van der Waals surface area contributed by atoms with Crippen LogP contribution in [0.1, 0.15) is 17.7 Å². The second-order valence-corrected chi connectivity index (χ2v) is 4.75. The zero-order chi connectivity index (χ0) is 13.3. The molecule has 0 aliphatic carbocycles. The van der Waals surface area contributed by atoms with Crippen molar-refractivity contribution in [3.05, 3.63) is 11.3 Å². The summed E-state index contributed by atoms with van der Waals surface area (Å²) in [6.07, 6.45) is 0.790. The summed E-state index contributed by atoms with van der Waals surface area (Å²) >= 11 is 0. The highest BCUT2D eigenvalue weighted by atomic mass is 16.2. The lowest BCUT2D eigenvalue weighted by Crippen LogP contribution is -2.30. The lowest BCUT2D eigenvalue weighted by Gasteiger charge is -2.17. The van der Waals surface area contributed by atoms with Gasteiger partial charge in [-0.2, -0.15) is 4.98 Å². The molecule has 2 rings (SSSR count). The number of amides is 1. The zero-order valence-electron chi connectivity index (χ0n) is 11.2. The van der Waals surface area contributed by atoms with E-state index < -0.39 is 0 Å². The molecule has 1 saturated heterocycles. The SMILES string of the molecule is Cc1nc(N(C)C)nc(N[C@H]2CCNC2=O)c1C. The Morgan fingerprint density at radius 1 is 1.33 bits per heavy atom. The maximum absolute atomic E-state index is 11.6. The molecular weight excluding hydrogens is 230 g/mol. The molecule has 1 aliphatic rings. The standard InChI is InChI=1S/C12H19N5O/c1-7-8(2)14-12(17(3)4)16-10(7)15-9-5-6-13-11(9)18/h9H,5-6H2,1-4H3,(H,13,18)(H,14,15,16)/t9-/m0/s1. The van der Waals surface area contributed by atoms with Gasteiger partial charge in [-0.25, -0.2) is 4.98 Å². The van der Waals surface area contributed by atoms with Crippen LogP contribution < -0.4 is 15.5 Å². The largest absolute Gasteiger partial charge is 0.358 e. The number of hydrogen-bond donors (Lipinski definition) is 2. The number of carbonyl (C=O) groups excluding carboxylic acids is 1. The van der Waals surface area contributed by atoms with Crippen LogP contribution in [-0.2, 0) is 4.79 Å². The maximum Gasteiger partial charge on any atom is 0.242 e. The fourth-order valence-electron chi connectivity index (χ4n) is 1.85. The van der Waals surface area contributed by atoms with E-state index in [9.17, 15) is 4.79 Å². The van der Waals surface area contributed by atoms with Gasteiger partial charge in [-0.05, 0) is 20.3 Å². The van der Waals surface area contributed by atoms with Gasteiger partial charge in [-0.3, -0.25) is 4.79 Å². The molecule has 0 radical (unpaired) electrons. The molecule has 6 heteroatoms. The van der Waals surface area contributed by atoms with Crippen LogP contribution >= 0.6 is 0 Å². The molecule has 98 valence electrons. The van der Waals surface area contributed by atoms with Gasteiger partial charge in [0.1, 0.15) is 11.9 Å². The Morgan fingerprint density at radius 2 is 2.06 bits per heavy atom.